The molecule has 1 rings (SSSR count). The third kappa shape index (κ3) is 4.95. The van der Waals surface area contributed by atoms with Gasteiger partial charge in [-0.15, -0.1) is 0 Å². The van der Waals surface area contributed by atoms with Gasteiger partial charge in [-0.25, -0.2) is 4.39 Å². The predicted molar refractivity (Wildman–Crippen MR) is 66.4 cm³/mol. The van der Waals surface area contributed by atoms with Crippen molar-refractivity contribution in [3.8, 4) is 5.75 Å². The molecule has 0 aliphatic rings. The van der Waals surface area contributed by atoms with Crippen LogP contribution >= 0.6 is 0 Å². The highest BCUT2D eigenvalue weighted by Crippen LogP contribution is 2.15. The molecule has 104 valence electrons. The molecule has 6 heteroatoms. The second-order valence-corrected chi connectivity index (χ2v) is 3.83. The first-order valence-electron chi connectivity index (χ1n) is 5.91. The van der Waals surface area contributed by atoms with E-state index in [4.69, 9.17) is 9.84 Å². The maximum absolute atomic E-state index is 13.2. The number of carbonyl (C=O) groups excluding carboxylic acids is 1. The minimum Gasteiger partial charge on any atom is -0.490 e. The first kappa shape index (κ1) is 14.9. The third-order valence-corrected chi connectivity index (χ3v) is 2.47. The van der Waals surface area contributed by atoms with Crippen molar-refractivity contribution in [2.75, 3.05) is 19.7 Å². The Morgan fingerprint density at radius 2 is 2.05 bits per heavy atom. The maximum Gasteiger partial charge on any atom is 0.323 e. The number of likely N-dealkylation sites (N-methyl/N-ethyl adjacent to an activating group) is 1. The van der Waals surface area contributed by atoms with Crippen LogP contribution in [-0.4, -0.2) is 41.6 Å². The molecule has 0 atom stereocenters. The molecule has 0 fully saturated rings. The van der Waals surface area contributed by atoms with Gasteiger partial charge in [0, 0.05) is 6.54 Å². The van der Waals surface area contributed by atoms with Crippen LogP contribution in [0.1, 0.15) is 13.3 Å². The molecule has 1 aromatic carbocycles. The normalized spacial score (nSPS) is 10.0. The molecule has 0 unspecified atom stereocenters. The van der Waals surface area contributed by atoms with Crippen molar-refractivity contribution in [3.63, 3.8) is 0 Å². The summed E-state index contributed by atoms with van der Waals surface area (Å²) in [5.74, 6) is -1.81. The van der Waals surface area contributed by atoms with Gasteiger partial charge in [0.1, 0.15) is 6.54 Å². The predicted octanol–water partition coefficient (Wildman–Crippen LogP) is 1.53. The van der Waals surface area contributed by atoms with Crippen LogP contribution in [0.25, 0.3) is 0 Å². The van der Waals surface area contributed by atoms with Crippen LogP contribution in [0.2, 0.25) is 0 Å². The fourth-order valence-corrected chi connectivity index (χ4v) is 1.51. The number of rotatable bonds is 7. The lowest BCUT2D eigenvalue weighted by Crippen LogP contribution is -2.36. The molecule has 0 saturated heterocycles. The van der Waals surface area contributed by atoms with E-state index in [-0.39, 0.29) is 31.2 Å². The summed E-state index contributed by atoms with van der Waals surface area (Å²) in [5.41, 5.74) is 0. The van der Waals surface area contributed by atoms with Gasteiger partial charge >= 0.3 is 5.97 Å². The molecule has 1 N–H and O–H groups in total. The fraction of sp³-hybridized carbons (Fsp3) is 0.385. The number of ether oxygens (including phenoxy) is 1. The second kappa shape index (κ2) is 7.35. The van der Waals surface area contributed by atoms with E-state index in [0.29, 0.717) is 6.54 Å². The van der Waals surface area contributed by atoms with Crippen LogP contribution in [0.3, 0.4) is 0 Å². The van der Waals surface area contributed by atoms with Gasteiger partial charge in [0.15, 0.2) is 11.6 Å². The lowest BCUT2D eigenvalue weighted by Gasteiger charge is -2.18. The summed E-state index contributed by atoms with van der Waals surface area (Å²) >= 11 is 0. The molecular weight excluding hydrogens is 253 g/mol. The van der Waals surface area contributed by atoms with Crippen LogP contribution in [0.15, 0.2) is 24.3 Å². The number of hydrogen-bond acceptors (Lipinski definition) is 3. The Hall–Kier alpha value is -2.11. The Morgan fingerprint density at radius 3 is 2.63 bits per heavy atom. The van der Waals surface area contributed by atoms with Crippen LogP contribution < -0.4 is 4.74 Å². The lowest BCUT2D eigenvalue weighted by atomic mass is 10.3. The summed E-state index contributed by atoms with van der Waals surface area (Å²) in [6.45, 7) is 1.67. The van der Waals surface area contributed by atoms with Crippen molar-refractivity contribution < 1.29 is 23.8 Å². The molecule has 0 saturated carbocycles. The summed E-state index contributed by atoms with van der Waals surface area (Å²) in [7, 11) is 0. The quantitative estimate of drug-likeness (QED) is 0.815. The van der Waals surface area contributed by atoms with Gasteiger partial charge in [0.2, 0.25) is 5.91 Å². The zero-order chi connectivity index (χ0) is 14.3. The molecule has 0 radical (unpaired) electrons. The number of carboxylic acids is 1. The Bertz CT molecular complexity index is 450. The van der Waals surface area contributed by atoms with Crippen LogP contribution in [0, 0.1) is 5.82 Å². The first-order chi connectivity index (χ1) is 9.04. The summed E-state index contributed by atoms with van der Waals surface area (Å²) < 4.78 is 18.3. The van der Waals surface area contributed by atoms with E-state index in [0.717, 1.165) is 0 Å². The number of nitrogens with zero attached hydrogens (tertiary/aromatic N) is 1. The van der Waals surface area contributed by atoms with E-state index < -0.39 is 11.8 Å². The molecule has 19 heavy (non-hydrogen) atoms. The molecule has 0 aliphatic heterocycles. The molecule has 0 heterocycles. The van der Waals surface area contributed by atoms with Crippen LogP contribution in [-0.2, 0) is 9.59 Å². The lowest BCUT2D eigenvalue weighted by molar-refractivity contribution is -0.144. The minimum absolute atomic E-state index is 0.00938. The van der Waals surface area contributed by atoms with Crippen molar-refractivity contribution in [1.29, 1.82) is 0 Å². The first-order valence-corrected chi connectivity index (χ1v) is 5.91. The molecule has 0 aromatic heterocycles. The molecule has 1 aromatic rings. The molecular formula is C13H16FNO4. The summed E-state index contributed by atoms with van der Waals surface area (Å²) in [6.07, 6.45) is 0.00938. The number of aliphatic carboxylic acids is 1. The standard InChI is InChI=1S/C13H16FNO4/c1-2-15(9-13(17)18)12(16)7-8-19-11-6-4-3-5-10(11)14/h3-6H,2,7-9H2,1H3,(H,17,18). The fourth-order valence-electron chi connectivity index (χ4n) is 1.51. The molecule has 0 aliphatic carbocycles. The number of carbonyl (C=O) groups is 2. The van der Waals surface area contributed by atoms with E-state index in [1.54, 1.807) is 19.1 Å². The zero-order valence-electron chi connectivity index (χ0n) is 10.6. The molecule has 5 nitrogen and oxygen atoms in total. The highest BCUT2D eigenvalue weighted by Gasteiger charge is 2.14. The highest BCUT2D eigenvalue weighted by atomic mass is 19.1. The average Bonchev–Trinajstić information content (AvgIpc) is 2.37. The molecule has 0 spiro atoms. The number of carboxylic acid groups (broad SMARTS) is 1. The monoisotopic (exact) mass is 269 g/mol. The van der Waals surface area contributed by atoms with Crippen LogP contribution in [0.5, 0.6) is 5.75 Å². The van der Waals surface area contributed by atoms with Crippen molar-refractivity contribution in [3.05, 3.63) is 30.1 Å². The Labute approximate surface area is 110 Å². The summed E-state index contributed by atoms with van der Waals surface area (Å²) in [5, 5.41) is 8.63. The van der Waals surface area contributed by atoms with Gasteiger partial charge < -0.3 is 14.7 Å². The van der Waals surface area contributed by atoms with Crippen molar-refractivity contribution in [2.24, 2.45) is 0 Å². The largest absolute Gasteiger partial charge is 0.490 e. The van der Waals surface area contributed by atoms with Crippen molar-refractivity contribution in [1.82, 2.24) is 4.90 Å². The van der Waals surface area contributed by atoms with E-state index in [1.807, 2.05) is 0 Å². The van der Waals surface area contributed by atoms with Gasteiger partial charge in [-0.05, 0) is 19.1 Å². The molecule has 1 amide bonds. The van der Waals surface area contributed by atoms with E-state index in [1.165, 1.54) is 17.0 Å². The minimum atomic E-state index is -1.06. The van der Waals surface area contributed by atoms with Crippen LogP contribution in [0.4, 0.5) is 4.39 Å². The van der Waals surface area contributed by atoms with Gasteiger partial charge in [-0.3, -0.25) is 9.59 Å². The number of hydrogen-bond donors (Lipinski definition) is 1. The number of benzene rings is 1. The number of para-hydroxylation sites is 1. The van der Waals surface area contributed by atoms with E-state index >= 15 is 0 Å². The molecule has 0 bridgehead atoms. The Kier molecular flexibility index (Phi) is 5.78. The number of amides is 1. The zero-order valence-corrected chi connectivity index (χ0v) is 10.6. The van der Waals surface area contributed by atoms with Crippen molar-refractivity contribution in [2.45, 2.75) is 13.3 Å². The highest BCUT2D eigenvalue weighted by molar-refractivity contribution is 5.81. The third-order valence-electron chi connectivity index (χ3n) is 2.47. The van der Waals surface area contributed by atoms with Gasteiger partial charge in [0.05, 0.1) is 13.0 Å². The maximum atomic E-state index is 13.2. The van der Waals surface area contributed by atoms with Gasteiger partial charge in [-0.2, -0.15) is 0 Å². The second-order valence-electron chi connectivity index (χ2n) is 3.83. The van der Waals surface area contributed by atoms with Gasteiger partial charge in [0.25, 0.3) is 0 Å². The summed E-state index contributed by atoms with van der Waals surface area (Å²) in [6, 6.07) is 5.90. The van der Waals surface area contributed by atoms with E-state index in [2.05, 4.69) is 0 Å². The number of halogens is 1. The average molecular weight is 269 g/mol. The van der Waals surface area contributed by atoms with Crippen molar-refractivity contribution >= 4 is 11.9 Å². The van der Waals surface area contributed by atoms with E-state index in [9.17, 15) is 14.0 Å². The SMILES string of the molecule is CCN(CC(=O)O)C(=O)CCOc1ccccc1F. The Morgan fingerprint density at radius 1 is 1.37 bits per heavy atom. The topological polar surface area (TPSA) is 66.8 Å². The van der Waals surface area contributed by atoms with Gasteiger partial charge in [-0.1, -0.05) is 12.1 Å². The summed E-state index contributed by atoms with van der Waals surface area (Å²) in [4.78, 5) is 23.4. The smallest absolute Gasteiger partial charge is 0.323 e. The Balaban J connectivity index is 2.42.